The van der Waals surface area contributed by atoms with Gasteiger partial charge in [-0.05, 0) is 32.9 Å². The van der Waals surface area contributed by atoms with Gasteiger partial charge in [-0.15, -0.1) is 0 Å². The average molecular weight is 316 g/mol. The van der Waals surface area contributed by atoms with Gasteiger partial charge < -0.3 is 5.32 Å². The summed E-state index contributed by atoms with van der Waals surface area (Å²) in [7, 11) is 0. The van der Waals surface area contributed by atoms with Crippen molar-refractivity contribution in [1.29, 1.82) is 0 Å². The van der Waals surface area contributed by atoms with E-state index in [9.17, 15) is 9.59 Å². The summed E-state index contributed by atoms with van der Waals surface area (Å²) in [6.45, 7) is 5.65. The summed E-state index contributed by atoms with van der Waals surface area (Å²) in [5.41, 5.74) is 0.626. The zero-order chi connectivity index (χ0) is 16.3. The van der Waals surface area contributed by atoms with Gasteiger partial charge in [-0.25, -0.2) is 0 Å². The predicted molar refractivity (Wildman–Crippen MR) is 88.5 cm³/mol. The molecule has 0 heterocycles. The van der Waals surface area contributed by atoms with Crippen molar-refractivity contribution >= 4 is 23.3 Å². The second kappa shape index (κ2) is 6.32. The zero-order valence-corrected chi connectivity index (χ0v) is 13.6. The van der Waals surface area contributed by atoms with E-state index in [-0.39, 0.29) is 27.8 Å². The molecule has 2 aromatic rings. The summed E-state index contributed by atoms with van der Waals surface area (Å²) in [6, 6.07) is 13.7. The van der Waals surface area contributed by atoms with Gasteiger partial charge in [0.1, 0.15) is 0 Å². The molecule has 114 valence electrons. The third kappa shape index (κ3) is 3.74. The molecular weight excluding hydrogens is 298 g/mol. The van der Waals surface area contributed by atoms with Gasteiger partial charge in [0.15, 0.2) is 5.78 Å². The molecule has 2 rings (SSSR count). The van der Waals surface area contributed by atoms with Crippen molar-refractivity contribution in [3.8, 4) is 0 Å². The Bertz CT molecular complexity index is 703. The third-order valence-electron chi connectivity index (χ3n) is 3.01. The molecule has 0 spiro atoms. The molecule has 0 unspecified atom stereocenters. The number of hydrogen-bond donors (Lipinski definition) is 1. The van der Waals surface area contributed by atoms with Crippen LogP contribution in [0.25, 0.3) is 0 Å². The fraction of sp³-hybridized carbons (Fsp3) is 0.222. The van der Waals surface area contributed by atoms with Crippen molar-refractivity contribution < 1.29 is 9.59 Å². The fourth-order valence-electron chi connectivity index (χ4n) is 2.09. The van der Waals surface area contributed by atoms with Gasteiger partial charge in [0.25, 0.3) is 5.91 Å². The lowest BCUT2D eigenvalue weighted by Gasteiger charge is -2.21. The maximum Gasteiger partial charge on any atom is 0.252 e. The second-order valence-corrected chi connectivity index (χ2v) is 6.47. The summed E-state index contributed by atoms with van der Waals surface area (Å²) in [5.74, 6) is -0.570. The molecule has 0 atom stereocenters. The molecule has 0 fully saturated rings. The van der Waals surface area contributed by atoms with Gasteiger partial charge in [0.2, 0.25) is 0 Å². The van der Waals surface area contributed by atoms with Gasteiger partial charge in [-0.1, -0.05) is 48.0 Å². The Labute approximate surface area is 135 Å². The van der Waals surface area contributed by atoms with Crippen LogP contribution in [0.3, 0.4) is 0 Å². The number of nitrogens with one attached hydrogen (secondary N) is 1. The first-order chi connectivity index (χ1) is 10.3. The topological polar surface area (TPSA) is 46.2 Å². The number of benzene rings is 2. The molecule has 4 heteroatoms. The van der Waals surface area contributed by atoms with E-state index in [4.69, 9.17) is 11.6 Å². The van der Waals surface area contributed by atoms with E-state index in [0.717, 1.165) is 0 Å². The van der Waals surface area contributed by atoms with Crippen LogP contribution in [0.1, 0.15) is 47.1 Å². The van der Waals surface area contributed by atoms with Gasteiger partial charge in [0.05, 0.1) is 16.1 Å². The third-order valence-corrected chi connectivity index (χ3v) is 3.32. The van der Waals surface area contributed by atoms with Crippen LogP contribution in [-0.4, -0.2) is 17.2 Å². The summed E-state index contributed by atoms with van der Waals surface area (Å²) in [4.78, 5) is 25.1. The number of carbonyl (C=O) groups is 2. The highest BCUT2D eigenvalue weighted by Gasteiger charge is 2.23. The maximum absolute atomic E-state index is 12.7. The molecule has 1 amide bonds. The molecule has 3 nitrogen and oxygen atoms in total. The minimum absolute atomic E-state index is 0.233. The maximum atomic E-state index is 12.7. The highest BCUT2D eigenvalue weighted by Crippen LogP contribution is 2.24. The number of ketones is 1. The van der Waals surface area contributed by atoms with E-state index in [1.54, 1.807) is 42.5 Å². The Morgan fingerprint density at radius 3 is 2.18 bits per heavy atom. The van der Waals surface area contributed by atoms with E-state index < -0.39 is 5.54 Å². The van der Waals surface area contributed by atoms with E-state index in [2.05, 4.69) is 5.32 Å². The monoisotopic (exact) mass is 315 g/mol. The van der Waals surface area contributed by atoms with Crippen molar-refractivity contribution in [3.05, 3.63) is 70.2 Å². The Kier molecular flexibility index (Phi) is 4.67. The lowest BCUT2D eigenvalue weighted by Crippen LogP contribution is -2.41. The number of hydrogen-bond acceptors (Lipinski definition) is 2. The zero-order valence-electron chi connectivity index (χ0n) is 12.8. The molecule has 0 aliphatic heterocycles. The number of carbonyl (C=O) groups excluding carboxylic acids is 2. The van der Waals surface area contributed by atoms with Crippen molar-refractivity contribution in [2.75, 3.05) is 0 Å². The standard InChI is InChI=1S/C18H18ClNO2/c1-18(2,3)20-17(22)13-10-7-11-14(19)15(13)16(21)12-8-5-4-6-9-12/h4-11H,1-3H3,(H,20,22). The highest BCUT2D eigenvalue weighted by atomic mass is 35.5. The van der Waals surface area contributed by atoms with Crippen molar-refractivity contribution in [1.82, 2.24) is 5.32 Å². The Balaban J connectivity index is 2.48. The van der Waals surface area contributed by atoms with E-state index >= 15 is 0 Å². The van der Waals surface area contributed by atoms with Crippen LogP contribution < -0.4 is 5.32 Å². The minimum Gasteiger partial charge on any atom is -0.347 e. The first-order valence-corrected chi connectivity index (χ1v) is 7.38. The molecule has 2 aromatic carbocycles. The Morgan fingerprint density at radius 2 is 1.59 bits per heavy atom. The van der Waals surface area contributed by atoms with Crippen molar-refractivity contribution in [3.63, 3.8) is 0 Å². The second-order valence-electron chi connectivity index (χ2n) is 6.06. The van der Waals surface area contributed by atoms with E-state index in [1.165, 1.54) is 0 Å². The normalized spacial score (nSPS) is 11.1. The number of halogens is 1. The van der Waals surface area contributed by atoms with Crippen LogP contribution in [0.2, 0.25) is 5.02 Å². The van der Waals surface area contributed by atoms with E-state index in [0.29, 0.717) is 5.56 Å². The van der Waals surface area contributed by atoms with Crippen LogP contribution in [0.5, 0.6) is 0 Å². The summed E-state index contributed by atoms with van der Waals surface area (Å²) in [5, 5.41) is 3.13. The first-order valence-electron chi connectivity index (χ1n) is 7.00. The Morgan fingerprint density at radius 1 is 0.955 bits per heavy atom. The van der Waals surface area contributed by atoms with E-state index in [1.807, 2.05) is 26.8 Å². The summed E-state index contributed by atoms with van der Waals surface area (Å²) in [6.07, 6.45) is 0. The molecule has 0 bridgehead atoms. The van der Waals surface area contributed by atoms with Crippen LogP contribution in [-0.2, 0) is 0 Å². The molecule has 22 heavy (non-hydrogen) atoms. The quantitative estimate of drug-likeness (QED) is 0.867. The van der Waals surface area contributed by atoms with Gasteiger partial charge in [-0.2, -0.15) is 0 Å². The minimum atomic E-state index is -0.396. The summed E-state index contributed by atoms with van der Waals surface area (Å²) >= 11 is 6.19. The Hall–Kier alpha value is -2.13. The average Bonchev–Trinajstić information content (AvgIpc) is 2.45. The molecule has 0 saturated carbocycles. The number of amides is 1. The van der Waals surface area contributed by atoms with Gasteiger partial charge in [0, 0.05) is 11.1 Å². The molecular formula is C18H18ClNO2. The van der Waals surface area contributed by atoms with Crippen molar-refractivity contribution in [2.45, 2.75) is 26.3 Å². The van der Waals surface area contributed by atoms with Crippen LogP contribution in [0.4, 0.5) is 0 Å². The van der Waals surface area contributed by atoms with Crippen molar-refractivity contribution in [2.24, 2.45) is 0 Å². The lowest BCUT2D eigenvalue weighted by molar-refractivity contribution is 0.0910. The van der Waals surface area contributed by atoms with Crippen LogP contribution in [0, 0.1) is 0 Å². The molecule has 0 aromatic heterocycles. The fourth-order valence-corrected chi connectivity index (χ4v) is 2.35. The highest BCUT2D eigenvalue weighted by molar-refractivity contribution is 6.36. The number of rotatable bonds is 3. The van der Waals surface area contributed by atoms with Gasteiger partial charge >= 0.3 is 0 Å². The smallest absolute Gasteiger partial charge is 0.252 e. The molecule has 0 aliphatic rings. The molecule has 1 N–H and O–H groups in total. The lowest BCUT2D eigenvalue weighted by atomic mass is 9.97. The SMILES string of the molecule is CC(C)(C)NC(=O)c1cccc(Cl)c1C(=O)c1ccccc1. The molecule has 0 saturated heterocycles. The largest absolute Gasteiger partial charge is 0.347 e. The molecule has 0 aliphatic carbocycles. The first kappa shape index (κ1) is 16.2. The van der Waals surface area contributed by atoms with Crippen LogP contribution in [0.15, 0.2) is 48.5 Å². The molecule has 0 radical (unpaired) electrons. The van der Waals surface area contributed by atoms with Crippen LogP contribution >= 0.6 is 11.6 Å². The van der Waals surface area contributed by atoms with Gasteiger partial charge in [-0.3, -0.25) is 9.59 Å². The predicted octanol–water partition coefficient (Wildman–Crippen LogP) is 4.10. The summed E-state index contributed by atoms with van der Waals surface area (Å²) < 4.78 is 0.